The predicted molar refractivity (Wildman–Crippen MR) is 76.2 cm³/mol. The number of nitrogens with one attached hydrogen (secondary N) is 1. The van der Waals surface area contributed by atoms with E-state index in [-0.39, 0.29) is 11.4 Å². The quantitative estimate of drug-likeness (QED) is 0.934. The van der Waals surface area contributed by atoms with Gasteiger partial charge in [-0.3, -0.25) is 0 Å². The molecule has 0 aliphatic rings. The van der Waals surface area contributed by atoms with E-state index in [4.69, 9.17) is 4.42 Å². The Hall–Kier alpha value is -1.40. The van der Waals surface area contributed by atoms with Gasteiger partial charge in [-0.1, -0.05) is 0 Å². The normalized spacial score (nSPS) is 11.8. The van der Waals surface area contributed by atoms with Crippen molar-refractivity contribution in [3.63, 3.8) is 0 Å². The Balaban J connectivity index is 2.19. The van der Waals surface area contributed by atoms with Crippen LogP contribution in [-0.2, 0) is 6.54 Å². The summed E-state index contributed by atoms with van der Waals surface area (Å²) in [6, 6.07) is 4.70. The van der Waals surface area contributed by atoms with Gasteiger partial charge in [0, 0.05) is 23.9 Å². The smallest absolute Gasteiger partial charge is 0.281 e. The molecule has 0 amide bonds. The summed E-state index contributed by atoms with van der Waals surface area (Å²) < 4.78 is 18.8. The third-order valence-corrected chi connectivity index (χ3v) is 3.49. The van der Waals surface area contributed by atoms with Crippen LogP contribution in [0.5, 0.6) is 0 Å². The number of hydrogen-bond acceptors (Lipinski definition) is 5. The van der Waals surface area contributed by atoms with Crippen LogP contribution >= 0.6 is 11.8 Å². The fourth-order valence-corrected chi connectivity index (χ4v) is 2.39. The second kappa shape index (κ2) is 5.93. The first-order valence-electron chi connectivity index (χ1n) is 6.35. The van der Waals surface area contributed by atoms with E-state index in [1.165, 1.54) is 23.9 Å². The highest BCUT2D eigenvalue weighted by molar-refractivity contribution is 7.99. The number of aryl methyl sites for hydroxylation is 1. The summed E-state index contributed by atoms with van der Waals surface area (Å²) in [6.07, 6.45) is 0. The van der Waals surface area contributed by atoms with Gasteiger partial charge in [-0.25, -0.2) is 4.39 Å². The molecule has 0 spiro atoms. The minimum atomic E-state index is -0.248. The largest absolute Gasteiger partial charge is 0.416 e. The zero-order valence-electron chi connectivity index (χ0n) is 12.0. The minimum Gasteiger partial charge on any atom is -0.416 e. The summed E-state index contributed by atoms with van der Waals surface area (Å²) in [5.41, 5.74) is 0.843. The molecule has 0 unspecified atom stereocenters. The van der Waals surface area contributed by atoms with E-state index in [9.17, 15) is 4.39 Å². The maximum atomic E-state index is 13.4. The molecule has 0 atom stereocenters. The van der Waals surface area contributed by atoms with Crippen molar-refractivity contribution in [2.24, 2.45) is 0 Å². The lowest BCUT2D eigenvalue weighted by Crippen LogP contribution is -2.35. The van der Waals surface area contributed by atoms with Gasteiger partial charge < -0.3 is 9.73 Å². The molecule has 4 nitrogen and oxygen atoms in total. The Morgan fingerprint density at radius 2 is 2.05 bits per heavy atom. The van der Waals surface area contributed by atoms with E-state index in [0.717, 1.165) is 10.5 Å². The molecule has 0 aliphatic heterocycles. The van der Waals surface area contributed by atoms with E-state index in [2.05, 4.69) is 36.3 Å². The highest BCUT2D eigenvalue weighted by atomic mass is 32.2. The van der Waals surface area contributed by atoms with Crippen LogP contribution in [0.3, 0.4) is 0 Å². The van der Waals surface area contributed by atoms with Gasteiger partial charge in [0.15, 0.2) is 0 Å². The third-order valence-electron chi connectivity index (χ3n) is 2.54. The van der Waals surface area contributed by atoms with Crippen LogP contribution in [0.15, 0.2) is 32.7 Å². The first-order chi connectivity index (χ1) is 9.33. The van der Waals surface area contributed by atoms with Crippen molar-refractivity contribution in [3.8, 4) is 0 Å². The zero-order valence-corrected chi connectivity index (χ0v) is 12.8. The Kier molecular flexibility index (Phi) is 4.45. The van der Waals surface area contributed by atoms with Crippen LogP contribution in [0, 0.1) is 12.7 Å². The highest BCUT2D eigenvalue weighted by Gasteiger charge is 2.13. The van der Waals surface area contributed by atoms with Gasteiger partial charge in [-0.2, -0.15) is 0 Å². The Labute approximate surface area is 122 Å². The number of hydrogen-bond donors (Lipinski definition) is 1. The van der Waals surface area contributed by atoms with Gasteiger partial charge in [-0.05, 0) is 56.3 Å². The van der Waals surface area contributed by atoms with Crippen LogP contribution in [0.25, 0.3) is 0 Å². The standard InChI is InChI=1S/C14H18FN3OS/c1-9-17-18-13(19-9)20-12-6-5-11(15)7-10(12)8-16-14(2,3)4/h5-7,16H,8H2,1-4H3. The first kappa shape index (κ1) is 15.0. The summed E-state index contributed by atoms with van der Waals surface area (Å²) in [4.78, 5) is 0.909. The van der Waals surface area contributed by atoms with Crippen molar-refractivity contribution in [2.75, 3.05) is 0 Å². The van der Waals surface area contributed by atoms with E-state index < -0.39 is 0 Å². The van der Waals surface area contributed by atoms with Crippen molar-refractivity contribution in [1.82, 2.24) is 15.5 Å². The Morgan fingerprint density at radius 1 is 1.30 bits per heavy atom. The molecule has 0 saturated carbocycles. The monoisotopic (exact) mass is 295 g/mol. The average Bonchev–Trinajstić information content (AvgIpc) is 2.74. The van der Waals surface area contributed by atoms with Gasteiger partial charge in [0.2, 0.25) is 5.89 Å². The van der Waals surface area contributed by atoms with Crippen molar-refractivity contribution in [2.45, 2.75) is 49.9 Å². The summed E-state index contributed by atoms with van der Waals surface area (Å²) in [5.74, 6) is 0.269. The van der Waals surface area contributed by atoms with Crippen molar-refractivity contribution < 1.29 is 8.81 Å². The van der Waals surface area contributed by atoms with Gasteiger partial charge >= 0.3 is 0 Å². The molecule has 0 fully saturated rings. The maximum Gasteiger partial charge on any atom is 0.281 e. The SMILES string of the molecule is Cc1nnc(Sc2ccc(F)cc2CNC(C)(C)C)o1. The van der Waals surface area contributed by atoms with Gasteiger partial charge in [0.1, 0.15) is 5.82 Å². The highest BCUT2D eigenvalue weighted by Crippen LogP contribution is 2.30. The molecule has 2 aromatic rings. The molecule has 0 aliphatic carbocycles. The minimum absolute atomic E-state index is 0.0324. The predicted octanol–water partition coefficient (Wildman–Crippen LogP) is 3.56. The molecule has 6 heteroatoms. The number of halogens is 1. The number of benzene rings is 1. The Morgan fingerprint density at radius 3 is 2.65 bits per heavy atom. The van der Waals surface area contributed by atoms with Crippen LogP contribution in [0.2, 0.25) is 0 Å². The lowest BCUT2D eigenvalue weighted by atomic mass is 10.1. The van der Waals surface area contributed by atoms with Crippen LogP contribution in [-0.4, -0.2) is 15.7 Å². The topological polar surface area (TPSA) is 51.0 Å². The molecule has 1 N–H and O–H groups in total. The van der Waals surface area contributed by atoms with Crippen LogP contribution in [0.4, 0.5) is 4.39 Å². The lowest BCUT2D eigenvalue weighted by molar-refractivity contribution is 0.421. The molecular formula is C14H18FN3OS. The molecule has 1 aromatic heterocycles. The number of aromatic nitrogens is 2. The van der Waals surface area contributed by atoms with E-state index in [0.29, 0.717) is 17.7 Å². The second-order valence-electron chi connectivity index (χ2n) is 5.54. The number of rotatable bonds is 4. The molecular weight excluding hydrogens is 277 g/mol. The van der Waals surface area contributed by atoms with Gasteiger partial charge in [0.25, 0.3) is 5.22 Å². The van der Waals surface area contributed by atoms with E-state index >= 15 is 0 Å². The molecule has 0 radical (unpaired) electrons. The molecule has 0 bridgehead atoms. The summed E-state index contributed by atoms with van der Waals surface area (Å²) in [6.45, 7) is 8.53. The summed E-state index contributed by atoms with van der Waals surface area (Å²) in [5, 5.41) is 11.5. The van der Waals surface area contributed by atoms with E-state index in [1.807, 2.05) is 0 Å². The third kappa shape index (κ3) is 4.31. The molecule has 2 rings (SSSR count). The van der Waals surface area contributed by atoms with Gasteiger partial charge in [-0.15, -0.1) is 10.2 Å². The molecule has 1 heterocycles. The van der Waals surface area contributed by atoms with Crippen molar-refractivity contribution in [3.05, 3.63) is 35.5 Å². The molecule has 1 aromatic carbocycles. The van der Waals surface area contributed by atoms with Gasteiger partial charge in [0.05, 0.1) is 0 Å². The summed E-state index contributed by atoms with van der Waals surface area (Å²) in [7, 11) is 0. The Bertz CT molecular complexity index is 592. The van der Waals surface area contributed by atoms with Crippen LogP contribution in [0.1, 0.15) is 32.2 Å². The molecule has 0 saturated heterocycles. The maximum absolute atomic E-state index is 13.4. The fraction of sp³-hybridized carbons (Fsp3) is 0.429. The van der Waals surface area contributed by atoms with Crippen LogP contribution < -0.4 is 5.32 Å². The second-order valence-corrected chi connectivity index (χ2v) is 6.54. The first-order valence-corrected chi connectivity index (χ1v) is 7.16. The molecule has 20 heavy (non-hydrogen) atoms. The lowest BCUT2D eigenvalue weighted by Gasteiger charge is -2.21. The zero-order chi connectivity index (χ0) is 14.8. The number of nitrogens with zero attached hydrogens (tertiary/aromatic N) is 2. The van der Waals surface area contributed by atoms with E-state index in [1.54, 1.807) is 13.0 Å². The molecule has 108 valence electrons. The fourth-order valence-electron chi connectivity index (χ4n) is 1.56. The summed E-state index contributed by atoms with van der Waals surface area (Å²) >= 11 is 1.35. The van der Waals surface area contributed by atoms with Crippen molar-refractivity contribution >= 4 is 11.8 Å². The average molecular weight is 295 g/mol. The van der Waals surface area contributed by atoms with Crippen molar-refractivity contribution in [1.29, 1.82) is 0 Å².